The van der Waals surface area contributed by atoms with E-state index in [0.29, 0.717) is 5.75 Å². The molecular weight excluding hydrogens is 184 g/mol. The minimum atomic E-state index is 0.329. The molecule has 1 nitrogen and oxygen atoms in total. The first-order valence-corrected chi connectivity index (χ1v) is 4.44. The Morgan fingerprint density at radius 2 is 1.92 bits per heavy atom. The van der Waals surface area contributed by atoms with Crippen molar-refractivity contribution in [1.82, 2.24) is 0 Å². The van der Waals surface area contributed by atoms with Crippen LogP contribution < -0.4 is 0 Å². The van der Waals surface area contributed by atoms with Gasteiger partial charge in [0, 0.05) is 5.02 Å². The van der Waals surface area contributed by atoms with E-state index < -0.39 is 0 Å². The van der Waals surface area contributed by atoms with Crippen LogP contribution >= 0.6 is 11.6 Å². The number of fused-ring (bicyclic) bond motifs is 1. The van der Waals surface area contributed by atoms with E-state index >= 15 is 0 Å². The van der Waals surface area contributed by atoms with Crippen molar-refractivity contribution < 1.29 is 5.11 Å². The number of hydrogen-bond donors (Lipinski definition) is 1. The predicted molar refractivity (Wildman–Crippen MR) is 55.4 cm³/mol. The van der Waals surface area contributed by atoms with Gasteiger partial charge in [-0.1, -0.05) is 23.7 Å². The minimum absolute atomic E-state index is 0.329. The fourth-order valence-corrected chi connectivity index (χ4v) is 1.63. The molecule has 0 radical (unpaired) electrons. The van der Waals surface area contributed by atoms with Crippen LogP contribution in [0, 0.1) is 6.92 Å². The third-order valence-electron chi connectivity index (χ3n) is 2.22. The van der Waals surface area contributed by atoms with E-state index in [4.69, 9.17) is 11.6 Å². The van der Waals surface area contributed by atoms with E-state index in [2.05, 4.69) is 0 Å². The van der Waals surface area contributed by atoms with Crippen molar-refractivity contribution in [3.63, 3.8) is 0 Å². The summed E-state index contributed by atoms with van der Waals surface area (Å²) in [6.07, 6.45) is 0. The first-order chi connectivity index (χ1) is 6.18. The molecule has 0 aromatic heterocycles. The Bertz CT molecular complexity index is 463. The molecule has 0 unspecified atom stereocenters. The average molecular weight is 193 g/mol. The molecule has 0 saturated carbocycles. The van der Waals surface area contributed by atoms with E-state index in [9.17, 15) is 5.11 Å². The summed E-state index contributed by atoms with van der Waals surface area (Å²) < 4.78 is 0. The van der Waals surface area contributed by atoms with Crippen molar-refractivity contribution in [3.05, 3.63) is 40.9 Å². The summed E-state index contributed by atoms with van der Waals surface area (Å²) in [6.45, 7) is 1.89. The maximum absolute atomic E-state index is 9.45. The summed E-state index contributed by atoms with van der Waals surface area (Å²) >= 11 is 5.85. The second-order valence-electron chi connectivity index (χ2n) is 3.08. The van der Waals surface area contributed by atoms with Crippen molar-refractivity contribution in [2.75, 3.05) is 0 Å². The van der Waals surface area contributed by atoms with Crippen molar-refractivity contribution in [2.24, 2.45) is 0 Å². The normalized spacial score (nSPS) is 10.6. The van der Waals surface area contributed by atoms with Gasteiger partial charge in [-0.2, -0.15) is 0 Å². The van der Waals surface area contributed by atoms with Crippen LogP contribution in [0.4, 0.5) is 0 Å². The number of phenolic OH excluding ortho intramolecular Hbond substituents is 1. The third-order valence-corrected chi connectivity index (χ3v) is 2.46. The van der Waals surface area contributed by atoms with E-state index in [1.807, 2.05) is 31.2 Å². The molecule has 0 aliphatic heterocycles. The fourth-order valence-electron chi connectivity index (χ4n) is 1.44. The fraction of sp³-hybridized carbons (Fsp3) is 0.0909. The first kappa shape index (κ1) is 8.39. The number of halogens is 1. The van der Waals surface area contributed by atoms with Gasteiger partial charge in [-0.15, -0.1) is 0 Å². The van der Waals surface area contributed by atoms with Crippen LogP contribution in [0.1, 0.15) is 5.56 Å². The van der Waals surface area contributed by atoms with E-state index in [1.165, 1.54) is 0 Å². The van der Waals surface area contributed by atoms with Crippen molar-refractivity contribution in [2.45, 2.75) is 6.92 Å². The van der Waals surface area contributed by atoms with Gasteiger partial charge in [-0.3, -0.25) is 0 Å². The molecule has 66 valence electrons. The molecule has 2 heteroatoms. The van der Waals surface area contributed by atoms with Gasteiger partial charge in [0.05, 0.1) is 0 Å². The standard InChI is InChI=1S/C11H9ClO/c1-7-10-4-3-9(12)6-8(10)2-5-11(7)13/h2-6,13H,1H3. The van der Waals surface area contributed by atoms with Crippen molar-refractivity contribution in [1.29, 1.82) is 0 Å². The summed E-state index contributed by atoms with van der Waals surface area (Å²) in [4.78, 5) is 0. The molecule has 0 aliphatic rings. The largest absolute Gasteiger partial charge is 0.508 e. The highest BCUT2D eigenvalue weighted by molar-refractivity contribution is 6.31. The quantitative estimate of drug-likeness (QED) is 0.677. The Balaban J connectivity index is 2.87. The Morgan fingerprint density at radius 1 is 1.15 bits per heavy atom. The van der Waals surface area contributed by atoms with Crippen LogP contribution in [0.25, 0.3) is 10.8 Å². The molecule has 2 aromatic carbocycles. The molecule has 13 heavy (non-hydrogen) atoms. The number of aryl methyl sites for hydroxylation is 1. The van der Waals surface area contributed by atoms with Crippen LogP contribution in [-0.4, -0.2) is 5.11 Å². The second kappa shape index (κ2) is 2.93. The molecule has 0 heterocycles. The van der Waals surface area contributed by atoms with Crippen molar-refractivity contribution >= 4 is 22.4 Å². The number of aromatic hydroxyl groups is 1. The minimum Gasteiger partial charge on any atom is -0.508 e. The number of phenols is 1. The van der Waals surface area contributed by atoms with Gasteiger partial charge < -0.3 is 5.11 Å². The molecule has 0 atom stereocenters. The number of hydrogen-bond acceptors (Lipinski definition) is 1. The topological polar surface area (TPSA) is 20.2 Å². The zero-order valence-corrected chi connectivity index (χ0v) is 7.97. The Kier molecular flexibility index (Phi) is 1.89. The highest BCUT2D eigenvalue weighted by Crippen LogP contribution is 2.27. The Hall–Kier alpha value is -1.21. The Morgan fingerprint density at radius 3 is 2.69 bits per heavy atom. The molecule has 0 saturated heterocycles. The zero-order valence-electron chi connectivity index (χ0n) is 7.21. The predicted octanol–water partition coefficient (Wildman–Crippen LogP) is 3.51. The van der Waals surface area contributed by atoms with E-state index in [0.717, 1.165) is 21.4 Å². The molecule has 0 fully saturated rings. The summed E-state index contributed by atoms with van der Waals surface area (Å²) in [7, 11) is 0. The Labute approximate surface area is 81.6 Å². The smallest absolute Gasteiger partial charge is 0.119 e. The molecule has 0 aliphatic carbocycles. The SMILES string of the molecule is Cc1c(O)ccc2cc(Cl)ccc12. The summed E-state index contributed by atoms with van der Waals surface area (Å²) in [5, 5.41) is 12.3. The summed E-state index contributed by atoms with van der Waals surface area (Å²) in [5.74, 6) is 0.329. The third kappa shape index (κ3) is 1.36. The lowest BCUT2D eigenvalue weighted by Crippen LogP contribution is -1.79. The van der Waals surface area contributed by atoms with E-state index in [-0.39, 0.29) is 0 Å². The molecule has 0 amide bonds. The first-order valence-electron chi connectivity index (χ1n) is 4.06. The van der Waals surface area contributed by atoms with Crippen LogP contribution in [0.2, 0.25) is 5.02 Å². The average Bonchev–Trinajstić information content (AvgIpc) is 2.12. The summed E-state index contributed by atoms with van der Waals surface area (Å²) in [6, 6.07) is 9.20. The van der Waals surface area contributed by atoms with Crippen LogP contribution in [-0.2, 0) is 0 Å². The monoisotopic (exact) mass is 192 g/mol. The van der Waals surface area contributed by atoms with Gasteiger partial charge >= 0.3 is 0 Å². The van der Waals surface area contributed by atoms with Crippen molar-refractivity contribution in [3.8, 4) is 5.75 Å². The van der Waals surface area contributed by atoms with E-state index in [1.54, 1.807) is 6.07 Å². The molecular formula is C11H9ClO. The van der Waals surface area contributed by atoms with Gasteiger partial charge in [0.1, 0.15) is 5.75 Å². The molecule has 0 bridgehead atoms. The number of rotatable bonds is 0. The molecule has 2 rings (SSSR count). The summed E-state index contributed by atoms with van der Waals surface area (Å²) in [5.41, 5.74) is 0.897. The molecule has 2 aromatic rings. The highest BCUT2D eigenvalue weighted by Gasteiger charge is 2.01. The van der Waals surface area contributed by atoms with Gasteiger partial charge in [-0.25, -0.2) is 0 Å². The van der Waals surface area contributed by atoms with Gasteiger partial charge in [0.25, 0.3) is 0 Å². The lowest BCUT2D eigenvalue weighted by atomic mass is 10.1. The zero-order chi connectivity index (χ0) is 9.42. The highest BCUT2D eigenvalue weighted by atomic mass is 35.5. The maximum atomic E-state index is 9.45. The lowest BCUT2D eigenvalue weighted by Gasteiger charge is -2.04. The lowest BCUT2D eigenvalue weighted by molar-refractivity contribution is 0.472. The van der Waals surface area contributed by atoms with Crippen LogP contribution in [0.3, 0.4) is 0 Å². The van der Waals surface area contributed by atoms with Gasteiger partial charge in [0.2, 0.25) is 0 Å². The van der Waals surface area contributed by atoms with Crippen LogP contribution in [0.5, 0.6) is 5.75 Å². The maximum Gasteiger partial charge on any atom is 0.119 e. The molecule has 1 N–H and O–H groups in total. The van der Waals surface area contributed by atoms with Gasteiger partial charge in [0.15, 0.2) is 0 Å². The van der Waals surface area contributed by atoms with Crippen LogP contribution in [0.15, 0.2) is 30.3 Å². The number of benzene rings is 2. The molecule has 0 spiro atoms. The second-order valence-corrected chi connectivity index (χ2v) is 3.51. The van der Waals surface area contributed by atoms with Gasteiger partial charge in [-0.05, 0) is 41.5 Å².